The van der Waals surface area contributed by atoms with Gasteiger partial charge in [0.05, 0.1) is 12.5 Å². The second-order valence-electron chi connectivity index (χ2n) is 8.46. The van der Waals surface area contributed by atoms with Crippen LogP contribution in [0.3, 0.4) is 0 Å². The van der Waals surface area contributed by atoms with Gasteiger partial charge in [-0.3, -0.25) is 4.98 Å². The van der Waals surface area contributed by atoms with Crippen LogP contribution < -0.4 is 15.0 Å². The van der Waals surface area contributed by atoms with Crippen LogP contribution >= 0.6 is 0 Å². The second kappa shape index (κ2) is 8.87. The van der Waals surface area contributed by atoms with Crippen molar-refractivity contribution in [2.75, 3.05) is 25.1 Å². The number of phenols is 1. The molecular formula is C26H26FN5O2. The SMILES string of the molecule is C=C/C=C\c1cc(O)cc(-c2ncc3c(N4C5CCC4CNC5)nc(OC)nc3c2F)c1C=C. The van der Waals surface area contributed by atoms with Crippen LogP contribution in [0.5, 0.6) is 11.8 Å². The lowest BCUT2D eigenvalue weighted by Gasteiger charge is -2.36. The second-order valence-corrected chi connectivity index (χ2v) is 8.46. The zero-order valence-corrected chi connectivity index (χ0v) is 19.0. The number of halogens is 1. The number of fused-ring (bicyclic) bond motifs is 3. The smallest absolute Gasteiger partial charge is 0.318 e. The van der Waals surface area contributed by atoms with Gasteiger partial charge < -0.3 is 20.1 Å². The highest BCUT2D eigenvalue weighted by Gasteiger charge is 2.38. The van der Waals surface area contributed by atoms with Crippen LogP contribution in [0.4, 0.5) is 10.2 Å². The van der Waals surface area contributed by atoms with E-state index in [1.165, 1.54) is 13.2 Å². The Balaban J connectivity index is 1.73. The molecule has 8 heteroatoms. The number of allylic oxidation sites excluding steroid dienone is 2. The molecule has 2 bridgehead atoms. The van der Waals surface area contributed by atoms with Crippen LogP contribution in [-0.2, 0) is 0 Å². The van der Waals surface area contributed by atoms with Crippen molar-refractivity contribution in [2.24, 2.45) is 0 Å². The van der Waals surface area contributed by atoms with Crippen LogP contribution in [0.1, 0.15) is 24.0 Å². The van der Waals surface area contributed by atoms with E-state index in [1.54, 1.807) is 36.6 Å². The summed E-state index contributed by atoms with van der Waals surface area (Å²) in [6.07, 6.45) is 10.5. The first-order valence-electron chi connectivity index (χ1n) is 11.2. The molecule has 0 aliphatic carbocycles. The Labute approximate surface area is 197 Å². The van der Waals surface area contributed by atoms with Gasteiger partial charge in [0.25, 0.3) is 0 Å². The number of aromatic nitrogens is 3. The third kappa shape index (κ3) is 3.60. The number of hydrogen-bond acceptors (Lipinski definition) is 7. The van der Waals surface area contributed by atoms with Gasteiger partial charge in [0, 0.05) is 36.9 Å². The summed E-state index contributed by atoms with van der Waals surface area (Å²) < 4.78 is 21.4. The Morgan fingerprint density at radius 1 is 1.21 bits per heavy atom. The number of hydrogen-bond donors (Lipinski definition) is 2. The molecule has 5 rings (SSSR count). The molecule has 2 fully saturated rings. The molecule has 174 valence electrons. The predicted molar refractivity (Wildman–Crippen MR) is 132 cm³/mol. The van der Waals surface area contributed by atoms with E-state index in [0.717, 1.165) is 25.9 Å². The van der Waals surface area contributed by atoms with E-state index >= 15 is 4.39 Å². The fourth-order valence-electron chi connectivity index (χ4n) is 5.02. The van der Waals surface area contributed by atoms with E-state index < -0.39 is 5.82 Å². The van der Waals surface area contributed by atoms with E-state index in [-0.39, 0.29) is 35.1 Å². The maximum absolute atomic E-state index is 16.1. The fraction of sp³-hybridized carbons (Fsp3) is 0.269. The maximum Gasteiger partial charge on any atom is 0.318 e. The highest BCUT2D eigenvalue weighted by Crippen LogP contribution is 2.39. The number of piperazine rings is 1. The summed E-state index contributed by atoms with van der Waals surface area (Å²) >= 11 is 0. The molecule has 34 heavy (non-hydrogen) atoms. The molecule has 2 aliphatic heterocycles. The number of benzene rings is 1. The molecule has 0 amide bonds. The van der Waals surface area contributed by atoms with Gasteiger partial charge in [-0.15, -0.1) is 0 Å². The zero-order chi connectivity index (χ0) is 23.8. The van der Waals surface area contributed by atoms with Gasteiger partial charge in [-0.25, -0.2) is 4.39 Å². The number of rotatable bonds is 6. The van der Waals surface area contributed by atoms with Crippen LogP contribution in [0.25, 0.3) is 34.3 Å². The minimum atomic E-state index is -0.603. The highest BCUT2D eigenvalue weighted by atomic mass is 19.1. The largest absolute Gasteiger partial charge is 0.508 e. The van der Waals surface area contributed by atoms with E-state index in [4.69, 9.17) is 4.74 Å². The molecule has 7 nitrogen and oxygen atoms in total. The topological polar surface area (TPSA) is 83.4 Å². The number of aromatic hydroxyl groups is 1. The average molecular weight is 460 g/mol. The van der Waals surface area contributed by atoms with Crippen LogP contribution in [0.2, 0.25) is 0 Å². The number of methoxy groups -OCH3 is 1. The van der Waals surface area contributed by atoms with Gasteiger partial charge >= 0.3 is 6.01 Å². The molecule has 4 heterocycles. The van der Waals surface area contributed by atoms with E-state index in [1.807, 2.05) is 0 Å². The van der Waals surface area contributed by atoms with Gasteiger partial charge in [-0.1, -0.05) is 37.5 Å². The van der Waals surface area contributed by atoms with E-state index in [9.17, 15) is 5.11 Å². The fourth-order valence-corrected chi connectivity index (χ4v) is 5.02. The Hall–Kier alpha value is -3.78. The number of nitrogens with zero attached hydrogens (tertiary/aromatic N) is 4. The summed E-state index contributed by atoms with van der Waals surface area (Å²) in [4.78, 5) is 15.7. The van der Waals surface area contributed by atoms with Crippen molar-refractivity contribution in [3.63, 3.8) is 0 Å². The van der Waals surface area contributed by atoms with Crippen molar-refractivity contribution in [3.8, 4) is 23.0 Å². The highest BCUT2D eigenvalue weighted by molar-refractivity contribution is 5.93. The van der Waals surface area contributed by atoms with Crippen LogP contribution in [0.15, 0.2) is 43.6 Å². The molecule has 2 atom stereocenters. The number of anilines is 1. The van der Waals surface area contributed by atoms with Crippen molar-refractivity contribution < 1.29 is 14.2 Å². The lowest BCUT2D eigenvalue weighted by atomic mass is 9.96. The van der Waals surface area contributed by atoms with Gasteiger partial charge in [-0.05, 0) is 36.1 Å². The Morgan fingerprint density at radius 3 is 2.65 bits per heavy atom. The van der Waals surface area contributed by atoms with E-state index in [0.29, 0.717) is 27.9 Å². The molecular weight excluding hydrogens is 433 g/mol. The van der Waals surface area contributed by atoms with Gasteiger partial charge in [0.15, 0.2) is 5.82 Å². The molecule has 0 saturated carbocycles. The normalized spacial score (nSPS) is 19.6. The Kier molecular flexibility index (Phi) is 5.75. The van der Waals surface area contributed by atoms with Crippen molar-refractivity contribution in [1.29, 1.82) is 0 Å². The van der Waals surface area contributed by atoms with Crippen LogP contribution in [-0.4, -0.2) is 52.3 Å². The first kappa shape index (κ1) is 22.0. The van der Waals surface area contributed by atoms with Crippen molar-refractivity contribution in [3.05, 3.63) is 60.6 Å². The summed E-state index contributed by atoms with van der Waals surface area (Å²) in [5, 5.41) is 14.3. The summed E-state index contributed by atoms with van der Waals surface area (Å²) in [6.45, 7) is 9.27. The quantitative estimate of drug-likeness (QED) is 0.531. The van der Waals surface area contributed by atoms with Crippen molar-refractivity contribution >= 4 is 28.9 Å². The molecule has 2 N–H and O–H groups in total. The predicted octanol–water partition coefficient (Wildman–Crippen LogP) is 4.33. The maximum atomic E-state index is 16.1. The van der Waals surface area contributed by atoms with Crippen molar-refractivity contribution in [2.45, 2.75) is 24.9 Å². The minimum Gasteiger partial charge on any atom is -0.508 e. The first-order chi connectivity index (χ1) is 16.5. The molecule has 0 radical (unpaired) electrons. The standard InChI is InChI=1S/C26H26FN5O2/c1-4-6-7-15-10-18(33)11-20(19(15)5-2)23-22(27)24-21(14-29-23)25(31-26(30-24)34-3)32-16-8-9-17(32)13-28-12-16/h4-7,10-11,14,16-17,28,33H,1-2,8-9,12-13H2,3H3/b7-6-. The van der Waals surface area contributed by atoms with Crippen molar-refractivity contribution in [1.82, 2.24) is 20.3 Å². The van der Waals surface area contributed by atoms with E-state index in [2.05, 4.69) is 38.3 Å². The number of phenolic OH excluding ortho intramolecular Hbond substituents is 1. The molecule has 3 aromatic rings. The molecule has 2 unspecified atom stereocenters. The monoisotopic (exact) mass is 459 g/mol. The summed E-state index contributed by atoms with van der Waals surface area (Å²) in [5.74, 6) is 0.0292. The zero-order valence-electron chi connectivity index (χ0n) is 19.0. The summed E-state index contributed by atoms with van der Waals surface area (Å²) in [5.41, 5.74) is 1.93. The van der Waals surface area contributed by atoms with Crippen LogP contribution in [0, 0.1) is 5.82 Å². The number of nitrogens with one attached hydrogen (secondary N) is 1. The molecule has 2 aliphatic rings. The number of pyridine rings is 1. The lowest BCUT2D eigenvalue weighted by Crippen LogP contribution is -2.52. The lowest BCUT2D eigenvalue weighted by molar-refractivity contribution is 0.379. The minimum absolute atomic E-state index is 0.0102. The van der Waals surface area contributed by atoms with Gasteiger partial charge in [0.1, 0.15) is 22.8 Å². The Morgan fingerprint density at radius 2 is 1.97 bits per heavy atom. The summed E-state index contributed by atoms with van der Waals surface area (Å²) in [6, 6.07) is 3.73. The molecule has 2 aromatic heterocycles. The molecule has 0 spiro atoms. The van der Waals surface area contributed by atoms with Gasteiger partial charge in [-0.2, -0.15) is 9.97 Å². The third-order valence-electron chi connectivity index (χ3n) is 6.52. The first-order valence-corrected chi connectivity index (χ1v) is 11.2. The molecule has 1 aromatic carbocycles. The van der Waals surface area contributed by atoms with Gasteiger partial charge in [0.2, 0.25) is 0 Å². The average Bonchev–Trinajstić information content (AvgIpc) is 3.09. The number of ether oxygens (including phenoxy) is 1. The Bertz CT molecular complexity index is 1310. The third-order valence-corrected chi connectivity index (χ3v) is 6.52. The summed E-state index contributed by atoms with van der Waals surface area (Å²) in [7, 11) is 1.47. The molecule has 2 saturated heterocycles.